The molecule has 0 spiro atoms. The number of halogens is 1. The van der Waals surface area contributed by atoms with Gasteiger partial charge in [-0.2, -0.15) is 0 Å². The monoisotopic (exact) mass is 179 g/mol. The standard InChI is InChI=1S/C11H14FN/c1-11(13)6-5-8-3-2-4-10(12)9(8)7-11/h2-4H,5-7,13H2,1H3. The molecule has 0 heterocycles. The molecular weight excluding hydrogens is 165 g/mol. The van der Waals surface area contributed by atoms with Crippen LogP contribution in [-0.4, -0.2) is 5.54 Å². The minimum Gasteiger partial charge on any atom is -0.325 e. The van der Waals surface area contributed by atoms with Crippen molar-refractivity contribution in [2.75, 3.05) is 0 Å². The summed E-state index contributed by atoms with van der Waals surface area (Å²) < 4.78 is 13.4. The molecule has 0 fully saturated rings. The Bertz CT molecular complexity index is 331. The molecule has 0 aromatic heterocycles. The van der Waals surface area contributed by atoms with Gasteiger partial charge in [-0.3, -0.25) is 0 Å². The van der Waals surface area contributed by atoms with Crippen LogP contribution in [0.5, 0.6) is 0 Å². The molecule has 2 rings (SSSR count). The van der Waals surface area contributed by atoms with E-state index in [0.29, 0.717) is 6.42 Å². The predicted molar refractivity (Wildman–Crippen MR) is 51.0 cm³/mol. The zero-order valence-corrected chi connectivity index (χ0v) is 7.81. The van der Waals surface area contributed by atoms with E-state index in [1.54, 1.807) is 6.07 Å². The van der Waals surface area contributed by atoms with Crippen LogP contribution in [0.15, 0.2) is 18.2 Å². The van der Waals surface area contributed by atoms with E-state index in [1.807, 2.05) is 13.0 Å². The Balaban J connectivity index is 2.44. The maximum atomic E-state index is 13.4. The Kier molecular flexibility index (Phi) is 1.88. The van der Waals surface area contributed by atoms with Gasteiger partial charge in [-0.05, 0) is 43.4 Å². The first-order valence-corrected chi connectivity index (χ1v) is 4.64. The number of benzene rings is 1. The fourth-order valence-electron chi connectivity index (χ4n) is 1.95. The van der Waals surface area contributed by atoms with E-state index in [0.717, 1.165) is 24.0 Å². The van der Waals surface area contributed by atoms with Crippen molar-refractivity contribution in [2.24, 2.45) is 5.73 Å². The third-order valence-electron chi connectivity index (χ3n) is 2.76. The van der Waals surface area contributed by atoms with Crippen LogP contribution in [0.25, 0.3) is 0 Å². The van der Waals surface area contributed by atoms with E-state index in [4.69, 9.17) is 5.73 Å². The van der Waals surface area contributed by atoms with Crippen molar-refractivity contribution in [1.82, 2.24) is 0 Å². The number of fused-ring (bicyclic) bond motifs is 1. The number of hydrogen-bond donors (Lipinski definition) is 1. The minimum atomic E-state index is -0.227. The van der Waals surface area contributed by atoms with Crippen molar-refractivity contribution in [2.45, 2.75) is 31.7 Å². The van der Waals surface area contributed by atoms with Crippen molar-refractivity contribution >= 4 is 0 Å². The van der Waals surface area contributed by atoms with Crippen LogP contribution in [0.1, 0.15) is 24.5 Å². The maximum Gasteiger partial charge on any atom is 0.126 e. The smallest absolute Gasteiger partial charge is 0.126 e. The molecule has 1 aliphatic carbocycles. The molecule has 0 saturated heterocycles. The van der Waals surface area contributed by atoms with Gasteiger partial charge in [0.2, 0.25) is 0 Å². The van der Waals surface area contributed by atoms with Gasteiger partial charge in [0.05, 0.1) is 0 Å². The normalized spacial score (nSPS) is 27.0. The highest BCUT2D eigenvalue weighted by Crippen LogP contribution is 2.28. The Morgan fingerprint density at radius 2 is 2.23 bits per heavy atom. The van der Waals surface area contributed by atoms with Crippen molar-refractivity contribution in [3.05, 3.63) is 35.1 Å². The topological polar surface area (TPSA) is 26.0 Å². The lowest BCUT2D eigenvalue weighted by molar-refractivity contribution is 0.398. The zero-order valence-electron chi connectivity index (χ0n) is 7.81. The van der Waals surface area contributed by atoms with Crippen LogP contribution in [0, 0.1) is 5.82 Å². The highest BCUT2D eigenvalue weighted by Gasteiger charge is 2.27. The molecular formula is C11H14FN. The third kappa shape index (κ3) is 1.59. The lowest BCUT2D eigenvalue weighted by Gasteiger charge is -2.31. The molecule has 1 aromatic rings. The molecule has 1 nitrogen and oxygen atoms in total. The second-order valence-electron chi connectivity index (χ2n) is 4.21. The summed E-state index contributed by atoms with van der Waals surface area (Å²) >= 11 is 0. The Morgan fingerprint density at radius 1 is 1.46 bits per heavy atom. The highest BCUT2D eigenvalue weighted by atomic mass is 19.1. The van der Waals surface area contributed by atoms with E-state index < -0.39 is 0 Å². The lowest BCUT2D eigenvalue weighted by Crippen LogP contribution is -2.42. The fourth-order valence-corrected chi connectivity index (χ4v) is 1.95. The predicted octanol–water partition coefficient (Wildman–Crippen LogP) is 2.03. The quantitative estimate of drug-likeness (QED) is 0.648. The molecule has 0 bridgehead atoms. The zero-order chi connectivity index (χ0) is 9.47. The summed E-state index contributed by atoms with van der Waals surface area (Å²) in [5.74, 6) is -0.103. The molecule has 13 heavy (non-hydrogen) atoms. The van der Waals surface area contributed by atoms with Crippen LogP contribution in [0.2, 0.25) is 0 Å². The summed E-state index contributed by atoms with van der Waals surface area (Å²) in [6.45, 7) is 1.99. The number of nitrogens with two attached hydrogens (primary N) is 1. The molecule has 1 unspecified atom stereocenters. The van der Waals surface area contributed by atoms with Gasteiger partial charge in [0.15, 0.2) is 0 Å². The summed E-state index contributed by atoms with van der Waals surface area (Å²) in [6.07, 6.45) is 2.51. The van der Waals surface area contributed by atoms with E-state index in [2.05, 4.69) is 0 Å². The van der Waals surface area contributed by atoms with Gasteiger partial charge >= 0.3 is 0 Å². The molecule has 1 aliphatic rings. The van der Waals surface area contributed by atoms with E-state index in [9.17, 15) is 4.39 Å². The van der Waals surface area contributed by atoms with Crippen LogP contribution < -0.4 is 5.73 Å². The van der Waals surface area contributed by atoms with E-state index >= 15 is 0 Å². The van der Waals surface area contributed by atoms with Gasteiger partial charge in [-0.1, -0.05) is 12.1 Å². The molecule has 0 saturated carbocycles. The second kappa shape index (κ2) is 2.81. The first-order chi connectivity index (χ1) is 6.08. The third-order valence-corrected chi connectivity index (χ3v) is 2.76. The number of rotatable bonds is 0. The Hall–Kier alpha value is -0.890. The highest BCUT2D eigenvalue weighted by molar-refractivity contribution is 5.33. The average molecular weight is 179 g/mol. The molecule has 2 heteroatoms. The first-order valence-electron chi connectivity index (χ1n) is 4.64. The summed E-state index contributed by atoms with van der Waals surface area (Å²) in [5.41, 5.74) is 7.71. The summed E-state index contributed by atoms with van der Waals surface area (Å²) in [4.78, 5) is 0. The second-order valence-corrected chi connectivity index (χ2v) is 4.21. The Morgan fingerprint density at radius 3 is 3.00 bits per heavy atom. The van der Waals surface area contributed by atoms with Crippen molar-refractivity contribution < 1.29 is 4.39 Å². The van der Waals surface area contributed by atoms with Crippen molar-refractivity contribution in [3.8, 4) is 0 Å². The van der Waals surface area contributed by atoms with Gasteiger partial charge in [0.1, 0.15) is 5.82 Å². The molecule has 1 aromatic carbocycles. The van der Waals surface area contributed by atoms with Crippen molar-refractivity contribution in [1.29, 1.82) is 0 Å². The molecule has 70 valence electrons. The number of aryl methyl sites for hydroxylation is 1. The van der Waals surface area contributed by atoms with E-state index in [-0.39, 0.29) is 11.4 Å². The summed E-state index contributed by atoms with van der Waals surface area (Å²) in [5, 5.41) is 0. The average Bonchev–Trinajstić information content (AvgIpc) is 2.06. The van der Waals surface area contributed by atoms with E-state index in [1.165, 1.54) is 6.07 Å². The fraction of sp³-hybridized carbons (Fsp3) is 0.455. The number of hydrogen-bond acceptors (Lipinski definition) is 1. The van der Waals surface area contributed by atoms with Crippen LogP contribution in [-0.2, 0) is 12.8 Å². The van der Waals surface area contributed by atoms with Crippen LogP contribution in [0.3, 0.4) is 0 Å². The van der Waals surface area contributed by atoms with Gasteiger partial charge < -0.3 is 5.73 Å². The van der Waals surface area contributed by atoms with Crippen molar-refractivity contribution in [3.63, 3.8) is 0 Å². The largest absolute Gasteiger partial charge is 0.325 e. The Labute approximate surface area is 77.8 Å². The molecule has 2 N–H and O–H groups in total. The van der Waals surface area contributed by atoms with Crippen LogP contribution >= 0.6 is 0 Å². The van der Waals surface area contributed by atoms with Gasteiger partial charge in [-0.15, -0.1) is 0 Å². The van der Waals surface area contributed by atoms with Crippen LogP contribution in [0.4, 0.5) is 4.39 Å². The summed E-state index contributed by atoms with van der Waals surface area (Å²) in [6, 6.07) is 5.28. The maximum absolute atomic E-state index is 13.4. The molecule has 1 atom stereocenters. The SMILES string of the molecule is CC1(N)CCc2cccc(F)c2C1. The first kappa shape index (κ1) is 8.70. The molecule has 0 amide bonds. The summed E-state index contributed by atoms with van der Waals surface area (Å²) in [7, 11) is 0. The van der Waals surface area contributed by atoms with Gasteiger partial charge in [0.25, 0.3) is 0 Å². The molecule has 0 aliphatic heterocycles. The minimum absolute atomic E-state index is 0.103. The van der Waals surface area contributed by atoms with Gasteiger partial charge in [-0.25, -0.2) is 4.39 Å². The lowest BCUT2D eigenvalue weighted by atomic mass is 9.80. The molecule has 0 radical (unpaired) electrons. The van der Waals surface area contributed by atoms with Gasteiger partial charge in [0, 0.05) is 5.54 Å².